The highest BCUT2D eigenvalue weighted by Crippen LogP contribution is 2.36. The van der Waals surface area contributed by atoms with Gasteiger partial charge in [-0.3, -0.25) is 4.98 Å². The Kier molecular flexibility index (Phi) is 8.01. The number of hydrogen-bond donors (Lipinski definition) is 2. The SMILES string of the molecule is Cc1ccc(-c2c(COc3c(C(=O)O)cc(Cl)c(C)c3C)c(C)nc(CC(C)C)c2CN)cc1. The van der Waals surface area contributed by atoms with Crippen LogP contribution in [0.15, 0.2) is 30.3 Å². The second kappa shape index (κ2) is 10.6. The third-order valence-corrected chi connectivity index (χ3v) is 6.60. The summed E-state index contributed by atoms with van der Waals surface area (Å²) in [5, 5.41) is 10.2. The van der Waals surface area contributed by atoms with Gasteiger partial charge < -0.3 is 15.6 Å². The maximum atomic E-state index is 11.9. The largest absolute Gasteiger partial charge is 0.488 e. The number of aromatic carboxylic acids is 1. The summed E-state index contributed by atoms with van der Waals surface area (Å²) in [6.45, 7) is 12.6. The zero-order chi connectivity index (χ0) is 25.2. The van der Waals surface area contributed by atoms with Crippen molar-refractivity contribution in [3.05, 3.63) is 80.1 Å². The average Bonchev–Trinajstić information content (AvgIpc) is 2.77. The molecule has 5 nitrogen and oxygen atoms in total. The highest BCUT2D eigenvalue weighted by atomic mass is 35.5. The number of rotatable bonds is 8. The summed E-state index contributed by atoms with van der Waals surface area (Å²) in [5.74, 6) is -0.323. The van der Waals surface area contributed by atoms with Crippen molar-refractivity contribution < 1.29 is 14.6 Å². The van der Waals surface area contributed by atoms with Crippen molar-refractivity contribution in [2.75, 3.05) is 0 Å². The lowest BCUT2D eigenvalue weighted by molar-refractivity contribution is 0.0691. The Labute approximate surface area is 206 Å². The first-order valence-corrected chi connectivity index (χ1v) is 11.9. The van der Waals surface area contributed by atoms with Gasteiger partial charge >= 0.3 is 5.97 Å². The first-order valence-electron chi connectivity index (χ1n) is 11.5. The van der Waals surface area contributed by atoms with E-state index in [1.807, 2.05) is 20.8 Å². The summed E-state index contributed by atoms with van der Waals surface area (Å²) in [6.07, 6.45) is 0.825. The highest BCUT2D eigenvalue weighted by Gasteiger charge is 2.22. The van der Waals surface area contributed by atoms with Gasteiger partial charge in [0.1, 0.15) is 17.9 Å². The normalized spacial score (nSPS) is 11.2. The molecular weight excluding hydrogens is 448 g/mol. The lowest BCUT2D eigenvalue weighted by atomic mass is 9.90. The Hall–Kier alpha value is -2.89. The number of carbonyl (C=O) groups is 1. The van der Waals surface area contributed by atoms with Crippen molar-refractivity contribution in [3.8, 4) is 16.9 Å². The van der Waals surface area contributed by atoms with Crippen LogP contribution in [0.2, 0.25) is 5.02 Å². The van der Waals surface area contributed by atoms with Crippen LogP contribution in [0, 0.1) is 33.6 Å². The van der Waals surface area contributed by atoms with E-state index in [2.05, 4.69) is 45.0 Å². The van der Waals surface area contributed by atoms with Crippen LogP contribution in [-0.2, 0) is 19.6 Å². The molecule has 0 saturated heterocycles. The highest BCUT2D eigenvalue weighted by molar-refractivity contribution is 6.32. The van der Waals surface area contributed by atoms with Crippen molar-refractivity contribution in [3.63, 3.8) is 0 Å². The van der Waals surface area contributed by atoms with E-state index in [0.29, 0.717) is 28.8 Å². The van der Waals surface area contributed by atoms with Gasteiger partial charge in [0.25, 0.3) is 0 Å². The fraction of sp³-hybridized carbons (Fsp3) is 0.357. The Balaban J connectivity index is 2.18. The minimum atomic E-state index is -1.08. The van der Waals surface area contributed by atoms with Crippen LogP contribution in [0.3, 0.4) is 0 Å². The zero-order valence-corrected chi connectivity index (χ0v) is 21.5. The quantitative estimate of drug-likeness (QED) is 0.380. The molecule has 3 N–H and O–H groups in total. The van der Waals surface area contributed by atoms with Gasteiger partial charge in [-0.1, -0.05) is 55.3 Å². The molecule has 0 aliphatic heterocycles. The number of carboxylic acid groups (broad SMARTS) is 1. The standard InChI is InChI=1S/C28H33ClN2O3/c1-15(2)11-25-22(13-30)26(20-9-7-16(3)8-10-20)23(19(6)31-25)14-34-27-18(5)17(4)24(29)12-21(27)28(32)33/h7-10,12,15H,11,13-14,30H2,1-6H3,(H,32,33). The number of ether oxygens (including phenoxy) is 1. The van der Waals surface area contributed by atoms with Crippen LogP contribution in [-0.4, -0.2) is 16.1 Å². The number of halogens is 1. The third kappa shape index (κ3) is 5.26. The minimum Gasteiger partial charge on any atom is -0.488 e. The maximum Gasteiger partial charge on any atom is 0.339 e. The van der Waals surface area contributed by atoms with E-state index in [0.717, 1.165) is 45.6 Å². The predicted molar refractivity (Wildman–Crippen MR) is 138 cm³/mol. The van der Waals surface area contributed by atoms with Gasteiger partial charge in [-0.05, 0) is 73.9 Å². The van der Waals surface area contributed by atoms with Crippen molar-refractivity contribution in [2.24, 2.45) is 11.7 Å². The summed E-state index contributed by atoms with van der Waals surface area (Å²) in [5.41, 5.74) is 14.8. The molecule has 0 bridgehead atoms. The fourth-order valence-corrected chi connectivity index (χ4v) is 4.46. The molecule has 180 valence electrons. The minimum absolute atomic E-state index is 0.0473. The molecule has 0 saturated carbocycles. The molecule has 0 amide bonds. The molecule has 3 rings (SSSR count). The molecule has 3 aromatic rings. The van der Waals surface area contributed by atoms with E-state index >= 15 is 0 Å². The van der Waals surface area contributed by atoms with Crippen molar-refractivity contribution in [1.29, 1.82) is 0 Å². The number of nitrogens with zero attached hydrogens (tertiary/aromatic N) is 1. The number of aryl methyl sites for hydroxylation is 2. The Morgan fingerprint density at radius 1 is 1.09 bits per heavy atom. The second-order valence-electron chi connectivity index (χ2n) is 9.22. The summed E-state index contributed by atoms with van der Waals surface area (Å²) in [6, 6.07) is 9.78. The van der Waals surface area contributed by atoms with Gasteiger partial charge in [0.2, 0.25) is 0 Å². The van der Waals surface area contributed by atoms with Gasteiger partial charge in [0, 0.05) is 28.5 Å². The summed E-state index contributed by atoms with van der Waals surface area (Å²) >= 11 is 6.25. The van der Waals surface area contributed by atoms with Crippen molar-refractivity contribution >= 4 is 17.6 Å². The molecule has 1 aromatic heterocycles. The Bertz CT molecular complexity index is 1220. The van der Waals surface area contributed by atoms with Crippen LogP contribution >= 0.6 is 11.6 Å². The molecule has 0 aliphatic carbocycles. The van der Waals surface area contributed by atoms with E-state index in [1.165, 1.54) is 11.6 Å². The van der Waals surface area contributed by atoms with E-state index in [-0.39, 0.29) is 12.2 Å². The molecule has 0 fully saturated rings. The molecule has 0 radical (unpaired) electrons. The number of carboxylic acids is 1. The van der Waals surface area contributed by atoms with Crippen LogP contribution in [0.1, 0.15) is 63.4 Å². The van der Waals surface area contributed by atoms with Crippen LogP contribution in [0.25, 0.3) is 11.1 Å². The van der Waals surface area contributed by atoms with E-state index < -0.39 is 5.97 Å². The molecule has 1 heterocycles. The summed E-state index contributed by atoms with van der Waals surface area (Å²) in [4.78, 5) is 16.8. The molecule has 2 aromatic carbocycles. The summed E-state index contributed by atoms with van der Waals surface area (Å²) in [7, 11) is 0. The fourth-order valence-electron chi connectivity index (χ4n) is 4.21. The van der Waals surface area contributed by atoms with E-state index in [1.54, 1.807) is 0 Å². The lowest BCUT2D eigenvalue weighted by Crippen LogP contribution is -2.15. The van der Waals surface area contributed by atoms with Gasteiger partial charge in [0.05, 0.1) is 0 Å². The molecular formula is C28H33ClN2O3. The van der Waals surface area contributed by atoms with Crippen LogP contribution in [0.5, 0.6) is 5.75 Å². The number of pyridine rings is 1. The smallest absolute Gasteiger partial charge is 0.339 e. The molecule has 0 unspecified atom stereocenters. The van der Waals surface area contributed by atoms with Gasteiger partial charge in [0.15, 0.2) is 0 Å². The first-order chi connectivity index (χ1) is 16.0. The number of aromatic nitrogens is 1. The molecule has 34 heavy (non-hydrogen) atoms. The third-order valence-electron chi connectivity index (χ3n) is 6.21. The monoisotopic (exact) mass is 480 g/mol. The van der Waals surface area contributed by atoms with E-state index in [9.17, 15) is 9.90 Å². The molecule has 0 atom stereocenters. The molecule has 0 spiro atoms. The van der Waals surface area contributed by atoms with Crippen molar-refractivity contribution in [1.82, 2.24) is 4.98 Å². The molecule has 0 aliphatic rings. The van der Waals surface area contributed by atoms with E-state index in [4.69, 9.17) is 27.1 Å². The number of benzene rings is 2. The predicted octanol–water partition coefficient (Wildman–Crippen LogP) is 6.57. The van der Waals surface area contributed by atoms with Crippen LogP contribution in [0.4, 0.5) is 0 Å². The van der Waals surface area contributed by atoms with Crippen LogP contribution < -0.4 is 10.5 Å². The Morgan fingerprint density at radius 3 is 2.29 bits per heavy atom. The van der Waals surface area contributed by atoms with Gasteiger partial charge in [-0.25, -0.2) is 4.79 Å². The zero-order valence-electron chi connectivity index (χ0n) is 20.8. The second-order valence-corrected chi connectivity index (χ2v) is 9.63. The first kappa shape index (κ1) is 25.7. The maximum absolute atomic E-state index is 11.9. The Morgan fingerprint density at radius 2 is 1.74 bits per heavy atom. The number of hydrogen-bond acceptors (Lipinski definition) is 4. The van der Waals surface area contributed by atoms with Gasteiger partial charge in [-0.15, -0.1) is 0 Å². The summed E-state index contributed by atoms with van der Waals surface area (Å²) < 4.78 is 6.22. The molecule has 6 heteroatoms. The lowest BCUT2D eigenvalue weighted by Gasteiger charge is -2.22. The number of nitrogens with two attached hydrogens (primary N) is 1. The van der Waals surface area contributed by atoms with Gasteiger partial charge in [-0.2, -0.15) is 0 Å². The topological polar surface area (TPSA) is 85.4 Å². The van der Waals surface area contributed by atoms with Crippen molar-refractivity contribution in [2.45, 2.75) is 61.1 Å². The average molecular weight is 481 g/mol.